The fourth-order valence-corrected chi connectivity index (χ4v) is 3.84. The van der Waals surface area contributed by atoms with Crippen LogP contribution in [-0.4, -0.2) is 94.1 Å². The summed E-state index contributed by atoms with van der Waals surface area (Å²) in [6.07, 6.45) is -5.58. The Labute approximate surface area is 198 Å². The number of hydrogen-bond donors (Lipinski definition) is 1. The zero-order chi connectivity index (χ0) is 25.5. The monoisotopic (exact) mass is 489 g/mol. The lowest BCUT2D eigenvalue weighted by Crippen LogP contribution is -2.47. The van der Waals surface area contributed by atoms with Gasteiger partial charge in [-0.1, -0.05) is 6.92 Å². The SMILES string of the molecule is COCC(=O)Nc1ccc2c(c1)C(=O)N(C)C[C@@H](OC)[C@H](C)CN(CCC(F)(F)F)[C@H](C)CO2. The van der Waals surface area contributed by atoms with Gasteiger partial charge in [0.05, 0.1) is 18.1 Å². The summed E-state index contributed by atoms with van der Waals surface area (Å²) >= 11 is 0. The number of likely N-dealkylation sites (N-methyl/N-ethyl adjacent to an activating group) is 1. The molecule has 1 aliphatic rings. The first-order chi connectivity index (χ1) is 15.9. The molecule has 1 aromatic carbocycles. The number of hydrogen-bond acceptors (Lipinski definition) is 6. The van der Waals surface area contributed by atoms with Crippen molar-refractivity contribution in [2.24, 2.45) is 5.92 Å². The molecule has 0 saturated carbocycles. The normalized spacial score (nSPS) is 22.9. The summed E-state index contributed by atoms with van der Waals surface area (Å²) in [6.45, 7) is 4.06. The lowest BCUT2D eigenvalue weighted by molar-refractivity contribution is -0.140. The summed E-state index contributed by atoms with van der Waals surface area (Å²) in [5.74, 6) is -0.560. The van der Waals surface area contributed by atoms with E-state index in [0.29, 0.717) is 12.2 Å². The molecular formula is C23H34F3N3O5. The van der Waals surface area contributed by atoms with Crippen LogP contribution in [0.15, 0.2) is 18.2 Å². The average molecular weight is 490 g/mol. The number of anilines is 1. The predicted molar refractivity (Wildman–Crippen MR) is 121 cm³/mol. The first-order valence-corrected chi connectivity index (χ1v) is 11.1. The van der Waals surface area contributed by atoms with Crippen LogP contribution in [0.5, 0.6) is 5.75 Å². The maximum absolute atomic E-state index is 13.3. The zero-order valence-electron chi connectivity index (χ0n) is 20.3. The topological polar surface area (TPSA) is 80.3 Å². The van der Waals surface area contributed by atoms with Crippen LogP contribution in [0.2, 0.25) is 0 Å². The van der Waals surface area contributed by atoms with Gasteiger partial charge in [-0.2, -0.15) is 13.2 Å². The van der Waals surface area contributed by atoms with Crippen LogP contribution in [0, 0.1) is 5.92 Å². The fourth-order valence-electron chi connectivity index (χ4n) is 3.84. The number of rotatable bonds is 6. The van der Waals surface area contributed by atoms with E-state index < -0.39 is 12.6 Å². The first-order valence-electron chi connectivity index (χ1n) is 11.1. The molecule has 8 nitrogen and oxygen atoms in total. The average Bonchev–Trinajstić information content (AvgIpc) is 2.77. The number of benzene rings is 1. The molecule has 1 aromatic rings. The maximum Gasteiger partial charge on any atom is 0.390 e. The second-order valence-corrected chi connectivity index (χ2v) is 8.65. The molecule has 34 heavy (non-hydrogen) atoms. The van der Waals surface area contributed by atoms with Crippen LogP contribution in [0.1, 0.15) is 30.6 Å². The molecule has 1 N–H and O–H groups in total. The Balaban J connectivity index is 2.37. The number of carbonyl (C=O) groups is 2. The highest BCUT2D eigenvalue weighted by Gasteiger charge is 2.32. The van der Waals surface area contributed by atoms with Crippen molar-refractivity contribution in [3.8, 4) is 5.75 Å². The van der Waals surface area contributed by atoms with Crippen LogP contribution < -0.4 is 10.1 Å². The molecule has 0 aliphatic carbocycles. The standard InChI is InChI=1S/C23H34F3N3O5/c1-15-11-29(9-8-23(24,25)26)16(2)13-34-19-7-6-17(27-21(30)14-32-4)10-18(19)22(31)28(3)12-20(15)33-5/h6-7,10,15-16,20H,8-9,11-14H2,1-5H3,(H,27,30)/t15-,16-,20-/m1/s1. The quantitative estimate of drug-likeness (QED) is 0.662. The van der Waals surface area contributed by atoms with E-state index in [9.17, 15) is 22.8 Å². The van der Waals surface area contributed by atoms with Crippen molar-refractivity contribution in [3.05, 3.63) is 23.8 Å². The van der Waals surface area contributed by atoms with Gasteiger partial charge in [-0.15, -0.1) is 0 Å². The molecule has 1 heterocycles. The van der Waals surface area contributed by atoms with Gasteiger partial charge in [0.2, 0.25) is 5.91 Å². The smallest absolute Gasteiger partial charge is 0.390 e. The minimum atomic E-state index is -4.27. The molecule has 1 aliphatic heterocycles. The largest absolute Gasteiger partial charge is 0.491 e. The molecule has 0 unspecified atom stereocenters. The number of fused-ring (bicyclic) bond motifs is 1. The summed E-state index contributed by atoms with van der Waals surface area (Å²) < 4.78 is 55.1. The van der Waals surface area contributed by atoms with Crippen molar-refractivity contribution in [2.45, 2.75) is 38.6 Å². The molecule has 192 valence electrons. The van der Waals surface area contributed by atoms with Gasteiger partial charge in [-0.05, 0) is 31.0 Å². The number of alkyl halides is 3. The Morgan fingerprint density at radius 3 is 2.56 bits per heavy atom. The highest BCUT2D eigenvalue weighted by atomic mass is 19.4. The van der Waals surface area contributed by atoms with E-state index in [0.717, 1.165) is 0 Å². The van der Waals surface area contributed by atoms with Crippen molar-refractivity contribution in [1.29, 1.82) is 0 Å². The number of carbonyl (C=O) groups excluding carboxylic acids is 2. The van der Waals surface area contributed by atoms with Crippen molar-refractivity contribution in [1.82, 2.24) is 9.80 Å². The summed E-state index contributed by atoms with van der Waals surface area (Å²) in [5.41, 5.74) is 0.629. The number of methoxy groups -OCH3 is 2. The van der Waals surface area contributed by atoms with Crippen LogP contribution in [0.4, 0.5) is 18.9 Å². The number of amides is 2. The second-order valence-electron chi connectivity index (χ2n) is 8.65. The second kappa shape index (κ2) is 12.4. The van der Waals surface area contributed by atoms with Crippen molar-refractivity contribution in [2.75, 3.05) is 59.4 Å². The summed E-state index contributed by atoms with van der Waals surface area (Å²) in [5, 5.41) is 2.66. The molecule has 3 atom stereocenters. The molecule has 0 fully saturated rings. The Bertz CT molecular complexity index is 837. The highest BCUT2D eigenvalue weighted by Crippen LogP contribution is 2.27. The van der Waals surface area contributed by atoms with Gasteiger partial charge in [0.25, 0.3) is 5.91 Å². The van der Waals surface area contributed by atoms with Gasteiger partial charge in [0.1, 0.15) is 19.0 Å². The summed E-state index contributed by atoms with van der Waals surface area (Å²) in [6, 6.07) is 4.34. The lowest BCUT2D eigenvalue weighted by atomic mass is 10.0. The van der Waals surface area contributed by atoms with Crippen molar-refractivity contribution in [3.63, 3.8) is 0 Å². The Kier molecular flexibility index (Phi) is 10.1. The molecule has 0 spiro atoms. The van der Waals surface area contributed by atoms with E-state index in [1.807, 2.05) is 6.92 Å². The van der Waals surface area contributed by atoms with Gasteiger partial charge >= 0.3 is 6.18 Å². The third kappa shape index (κ3) is 8.14. The van der Waals surface area contributed by atoms with Crippen LogP contribution in [0.3, 0.4) is 0 Å². The van der Waals surface area contributed by atoms with E-state index in [2.05, 4.69) is 5.32 Å². The molecule has 0 radical (unpaired) electrons. The molecule has 0 bridgehead atoms. The first kappa shape index (κ1) is 27.9. The fraction of sp³-hybridized carbons (Fsp3) is 0.652. The summed E-state index contributed by atoms with van der Waals surface area (Å²) in [4.78, 5) is 28.4. The third-order valence-electron chi connectivity index (χ3n) is 5.82. The van der Waals surface area contributed by atoms with Gasteiger partial charge in [0, 0.05) is 52.6 Å². The molecule has 0 aromatic heterocycles. The molecule has 2 rings (SSSR count). The Morgan fingerprint density at radius 1 is 1.24 bits per heavy atom. The minimum absolute atomic E-state index is 0.0849. The van der Waals surface area contributed by atoms with Crippen LogP contribution >= 0.6 is 0 Å². The van der Waals surface area contributed by atoms with E-state index in [1.165, 1.54) is 25.2 Å². The van der Waals surface area contributed by atoms with Gasteiger partial charge in [-0.3, -0.25) is 14.5 Å². The van der Waals surface area contributed by atoms with Crippen molar-refractivity contribution < 1.29 is 37.0 Å². The number of ether oxygens (including phenoxy) is 3. The van der Waals surface area contributed by atoms with E-state index in [1.54, 1.807) is 31.0 Å². The predicted octanol–water partition coefficient (Wildman–Crippen LogP) is 3.03. The maximum atomic E-state index is 13.3. The van der Waals surface area contributed by atoms with E-state index in [4.69, 9.17) is 14.2 Å². The molecule has 2 amide bonds. The number of halogens is 3. The van der Waals surface area contributed by atoms with Crippen LogP contribution in [0.25, 0.3) is 0 Å². The molecule has 11 heteroatoms. The van der Waals surface area contributed by atoms with Crippen molar-refractivity contribution >= 4 is 17.5 Å². The summed E-state index contributed by atoms with van der Waals surface area (Å²) in [7, 11) is 4.54. The van der Waals surface area contributed by atoms with Gasteiger partial charge in [0.15, 0.2) is 0 Å². The third-order valence-corrected chi connectivity index (χ3v) is 5.82. The minimum Gasteiger partial charge on any atom is -0.491 e. The Morgan fingerprint density at radius 2 is 1.94 bits per heavy atom. The Hall–Kier alpha value is -2.37. The van der Waals surface area contributed by atoms with E-state index in [-0.39, 0.29) is 67.5 Å². The van der Waals surface area contributed by atoms with Crippen LogP contribution in [-0.2, 0) is 14.3 Å². The number of nitrogens with zero attached hydrogens (tertiary/aromatic N) is 2. The van der Waals surface area contributed by atoms with Gasteiger partial charge < -0.3 is 24.4 Å². The van der Waals surface area contributed by atoms with Gasteiger partial charge in [-0.25, -0.2) is 0 Å². The molecule has 0 saturated heterocycles. The van der Waals surface area contributed by atoms with E-state index >= 15 is 0 Å². The molecular weight excluding hydrogens is 455 g/mol. The number of nitrogens with one attached hydrogen (secondary N) is 1. The zero-order valence-corrected chi connectivity index (χ0v) is 20.3. The lowest BCUT2D eigenvalue weighted by Gasteiger charge is -2.36. The highest BCUT2D eigenvalue weighted by molar-refractivity contribution is 5.99.